The smallest absolute Gasteiger partial charge is 0.0502 e. The van der Waals surface area contributed by atoms with Gasteiger partial charge in [-0.3, -0.25) is 0 Å². The number of fused-ring (bicyclic) bond motifs is 1. The largest absolute Gasteiger partial charge is 0.361 e. The number of hydrogen-bond acceptors (Lipinski definition) is 1. The number of aromatic nitrogens is 1. The third-order valence-corrected chi connectivity index (χ3v) is 2.60. The molecule has 0 saturated carbocycles. The zero-order valence-corrected chi connectivity index (χ0v) is 8.70. The number of azide groups is 1. The van der Waals surface area contributed by atoms with Crippen molar-refractivity contribution in [3.05, 3.63) is 45.4 Å². The summed E-state index contributed by atoms with van der Waals surface area (Å²) >= 11 is 6.09. The van der Waals surface area contributed by atoms with Crippen molar-refractivity contribution >= 4 is 22.5 Å². The maximum atomic E-state index is 8.19. The summed E-state index contributed by atoms with van der Waals surface area (Å²) < 4.78 is 0. The van der Waals surface area contributed by atoms with Crippen LogP contribution in [0.3, 0.4) is 0 Å². The Bertz CT molecular complexity index is 525. The molecule has 2 rings (SSSR count). The van der Waals surface area contributed by atoms with Gasteiger partial charge < -0.3 is 4.98 Å². The van der Waals surface area contributed by atoms with Crippen molar-refractivity contribution in [1.29, 1.82) is 0 Å². The molecule has 0 saturated heterocycles. The van der Waals surface area contributed by atoms with E-state index in [1.807, 2.05) is 24.4 Å². The summed E-state index contributed by atoms with van der Waals surface area (Å²) in [5.41, 5.74) is 10.3. The first-order valence-corrected chi connectivity index (χ1v) is 4.96. The Kier molecular flexibility index (Phi) is 2.81. The molecule has 5 heteroatoms. The van der Waals surface area contributed by atoms with Gasteiger partial charge in [0.05, 0.1) is 5.02 Å². The normalized spacial score (nSPS) is 10.2. The van der Waals surface area contributed by atoms with Gasteiger partial charge in [0.2, 0.25) is 0 Å². The predicted octanol–water partition coefficient (Wildman–Crippen LogP) is 3.67. The van der Waals surface area contributed by atoms with Crippen LogP contribution in [0, 0.1) is 0 Å². The van der Waals surface area contributed by atoms with E-state index in [4.69, 9.17) is 17.1 Å². The fourth-order valence-electron chi connectivity index (χ4n) is 1.62. The third-order valence-electron chi connectivity index (χ3n) is 2.28. The van der Waals surface area contributed by atoms with Crippen LogP contribution in [0.15, 0.2) is 29.5 Å². The monoisotopic (exact) mass is 220 g/mol. The van der Waals surface area contributed by atoms with E-state index in [0.29, 0.717) is 13.0 Å². The standard InChI is InChI=1S/C10H9ClN4/c11-8-2-1-3-9-10(8)7(6-13-9)4-5-14-15-12/h1-3,6,13H,4-5H2. The number of hydrogen-bond donors (Lipinski definition) is 1. The van der Waals surface area contributed by atoms with Gasteiger partial charge in [-0.25, -0.2) is 0 Å². The van der Waals surface area contributed by atoms with E-state index in [1.165, 1.54) is 0 Å². The molecule has 0 fully saturated rings. The second-order valence-electron chi connectivity index (χ2n) is 3.18. The van der Waals surface area contributed by atoms with Crippen molar-refractivity contribution < 1.29 is 0 Å². The Labute approximate surface area is 91.5 Å². The number of nitrogens with one attached hydrogen (secondary N) is 1. The summed E-state index contributed by atoms with van der Waals surface area (Å²) in [6.07, 6.45) is 2.61. The lowest BCUT2D eigenvalue weighted by Crippen LogP contribution is -1.86. The Morgan fingerprint density at radius 3 is 3.13 bits per heavy atom. The fourth-order valence-corrected chi connectivity index (χ4v) is 1.92. The van der Waals surface area contributed by atoms with Gasteiger partial charge in [-0.15, -0.1) is 0 Å². The molecular weight excluding hydrogens is 212 g/mol. The molecule has 0 atom stereocenters. The van der Waals surface area contributed by atoms with Gasteiger partial charge in [0.15, 0.2) is 0 Å². The average molecular weight is 221 g/mol. The summed E-state index contributed by atoms with van der Waals surface area (Å²) in [5, 5.41) is 5.25. The van der Waals surface area contributed by atoms with E-state index in [9.17, 15) is 0 Å². The van der Waals surface area contributed by atoms with Gasteiger partial charge in [0.25, 0.3) is 0 Å². The summed E-state index contributed by atoms with van der Waals surface area (Å²) in [4.78, 5) is 5.86. The topological polar surface area (TPSA) is 64.6 Å². The first-order chi connectivity index (χ1) is 7.33. The second kappa shape index (κ2) is 4.26. The van der Waals surface area contributed by atoms with E-state index in [1.54, 1.807) is 0 Å². The summed E-state index contributed by atoms with van der Waals surface area (Å²) in [6.45, 7) is 0.453. The Hall–Kier alpha value is -1.64. The maximum absolute atomic E-state index is 8.19. The first-order valence-electron chi connectivity index (χ1n) is 4.58. The predicted molar refractivity (Wildman–Crippen MR) is 61.0 cm³/mol. The molecule has 1 N–H and O–H groups in total. The average Bonchev–Trinajstić information content (AvgIpc) is 2.63. The fraction of sp³-hybridized carbons (Fsp3) is 0.200. The van der Waals surface area contributed by atoms with E-state index >= 15 is 0 Å². The minimum absolute atomic E-state index is 0.453. The van der Waals surface area contributed by atoms with Crippen molar-refractivity contribution in [2.24, 2.45) is 5.11 Å². The van der Waals surface area contributed by atoms with Gasteiger partial charge >= 0.3 is 0 Å². The van der Waals surface area contributed by atoms with Gasteiger partial charge in [0.1, 0.15) is 0 Å². The number of benzene rings is 1. The van der Waals surface area contributed by atoms with Crippen LogP contribution in [0.5, 0.6) is 0 Å². The molecule has 4 nitrogen and oxygen atoms in total. The van der Waals surface area contributed by atoms with Gasteiger partial charge in [-0.1, -0.05) is 22.8 Å². The molecular formula is C10H9ClN4. The number of H-pyrrole nitrogens is 1. The molecule has 0 amide bonds. The van der Waals surface area contributed by atoms with Crippen LogP contribution in [0.2, 0.25) is 5.02 Å². The van der Waals surface area contributed by atoms with Crippen molar-refractivity contribution in [3.8, 4) is 0 Å². The zero-order valence-electron chi connectivity index (χ0n) is 7.94. The summed E-state index contributed by atoms with van der Waals surface area (Å²) in [6, 6.07) is 5.73. The molecule has 0 bridgehead atoms. The lowest BCUT2D eigenvalue weighted by atomic mass is 10.1. The van der Waals surface area contributed by atoms with Crippen molar-refractivity contribution in [2.75, 3.05) is 6.54 Å². The molecule has 1 aromatic carbocycles. The summed E-state index contributed by atoms with van der Waals surface area (Å²) in [7, 11) is 0. The van der Waals surface area contributed by atoms with Crippen molar-refractivity contribution in [3.63, 3.8) is 0 Å². The van der Waals surface area contributed by atoms with Crippen LogP contribution in [0.25, 0.3) is 21.3 Å². The van der Waals surface area contributed by atoms with Crippen LogP contribution < -0.4 is 0 Å². The summed E-state index contributed by atoms with van der Waals surface area (Å²) in [5.74, 6) is 0. The Morgan fingerprint density at radius 1 is 1.47 bits per heavy atom. The van der Waals surface area contributed by atoms with Crippen LogP contribution in [0.4, 0.5) is 0 Å². The van der Waals surface area contributed by atoms with Crippen LogP contribution in [0.1, 0.15) is 5.56 Å². The molecule has 1 heterocycles. The SMILES string of the molecule is [N-]=[N+]=NCCc1c[nH]c2cccc(Cl)c12. The number of nitrogens with zero attached hydrogens (tertiary/aromatic N) is 3. The molecule has 0 radical (unpaired) electrons. The highest BCUT2D eigenvalue weighted by Gasteiger charge is 2.05. The van der Waals surface area contributed by atoms with Crippen LogP contribution in [-0.2, 0) is 6.42 Å². The molecule has 1 aromatic heterocycles. The lowest BCUT2D eigenvalue weighted by Gasteiger charge is -1.97. The zero-order chi connectivity index (χ0) is 10.7. The molecule has 0 aliphatic heterocycles. The second-order valence-corrected chi connectivity index (χ2v) is 3.59. The van der Waals surface area contributed by atoms with E-state index in [0.717, 1.165) is 21.5 Å². The van der Waals surface area contributed by atoms with E-state index in [2.05, 4.69) is 15.0 Å². The van der Waals surface area contributed by atoms with Gasteiger partial charge in [-0.05, 0) is 29.6 Å². The highest BCUT2D eigenvalue weighted by atomic mass is 35.5. The quantitative estimate of drug-likeness (QED) is 0.466. The number of rotatable bonds is 3. The molecule has 15 heavy (non-hydrogen) atoms. The lowest BCUT2D eigenvalue weighted by molar-refractivity contribution is 0.963. The molecule has 0 unspecified atom stereocenters. The number of halogens is 1. The Morgan fingerprint density at radius 2 is 2.33 bits per heavy atom. The van der Waals surface area contributed by atoms with Crippen LogP contribution in [-0.4, -0.2) is 11.5 Å². The highest BCUT2D eigenvalue weighted by Crippen LogP contribution is 2.26. The van der Waals surface area contributed by atoms with E-state index < -0.39 is 0 Å². The Balaban J connectivity index is 2.39. The minimum atomic E-state index is 0.453. The van der Waals surface area contributed by atoms with Gasteiger partial charge in [-0.2, -0.15) is 0 Å². The molecule has 2 aromatic rings. The number of aromatic amines is 1. The molecule has 0 spiro atoms. The van der Waals surface area contributed by atoms with Crippen molar-refractivity contribution in [1.82, 2.24) is 4.98 Å². The first kappa shape index (κ1) is 9.90. The maximum Gasteiger partial charge on any atom is 0.0502 e. The minimum Gasteiger partial charge on any atom is -0.361 e. The van der Waals surface area contributed by atoms with Gasteiger partial charge in [0, 0.05) is 28.6 Å². The molecule has 0 aliphatic rings. The molecule has 0 aliphatic carbocycles. The van der Waals surface area contributed by atoms with Crippen LogP contribution >= 0.6 is 11.6 Å². The van der Waals surface area contributed by atoms with Crippen molar-refractivity contribution in [2.45, 2.75) is 6.42 Å². The van der Waals surface area contributed by atoms with E-state index in [-0.39, 0.29) is 0 Å². The third kappa shape index (κ3) is 1.91. The highest BCUT2D eigenvalue weighted by molar-refractivity contribution is 6.35. The molecule has 76 valence electrons.